The molecule has 0 aliphatic carbocycles. The van der Waals surface area contributed by atoms with Crippen molar-refractivity contribution in [3.63, 3.8) is 0 Å². The van der Waals surface area contributed by atoms with E-state index >= 15 is 0 Å². The zero-order chi connectivity index (χ0) is 19.3. The molecule has 26 heavy (non-hydrogen) atoms. The quantitative estimate of drug-likeness (QED) is 0.0977. The number of aliphatic imine (C=N–C) groups is 1. The minimum Gasteiger partial charge on any atom is -0.387 e. The Kier molecular flexibility index (Phi) is 21.0. The summed E-state index contributed by atoms with van der Waals surface area (Å²) in [7, 11) is 3.78. The minimum absolute atomic E-state index is 0.839. The third kappa shape index (κ3) is 20.2. The van der Waals surface area contributed by atoms with E-state index in [1.807, 2.05) is 21.6 Å². The molecule has 0 aliphatic heterocycles. The molecule has 0 aliphatic rings. The van der Waals surface area contributed by atoms with Crippen LogP contribution in [-0.2, 0) is 0 Å². The molecule has 0 rings (SSSR count). The van der Waals surface area contributed by atoms with E-state index in [2.05, 4.69) is 18.8 Å². The molecule has 0 aromatic rings. The first-order valence-corrected chi connectivity index (χ1v) is 13.3. The third-order valence-corrected chi connectivity index (χ3v) is 6.96. The molecule has 0 saturated heterocycles. The molecule has 0 bridgehead atoms. The van der Waals surface area contributed by atoms with Crippen LogP contribution in [0.15, 0.2) is 4.99 Å². The summed E-state index contributed by atoms with van der Waals surface area (Å²) in [6.07, 6.45) is 17.6. The smallest absolute Gasteiger partial charge is 0.0937 e. The van der Waals surface area contributed by atoms with Gasteiger partial charge in [0.05, 0.1) is 12.4 Å². The minimum atomic E-state index is 0.839. The summed E-state index contributed by atoms with van der Waals surface area (Å²) in [5.41, 5.74) is 6.88. The van der Waals surface area contributed by atoms with Crippen molar-refractivity contribution in [2.75, 3.05) is 18.1 Å². The fourth-order valence-corrected chi connectivity index (χ4v) is 4.69. The van der Waals surface area contributed by atoms with Crippen LogP contribution < -0.4 is 5.73 Å². The molecule has 3 nitrogen and oxygen atoms in total. The highest BCUT2D eigenvalue weighted by molar-refractivity contribution is 8.76. The third-order valence-electron chi connectivity index (χ3n) is 4.49. The molecule has 5 heteroatoms. The van der Waals surface area contributed by atoms with Gasteiger partial charge < -0.3 is 11.1 Å². The van der Waals surface area contributed by atoms with Crippen molar-refractivity contribution >= 4 is 33.1 Å². The predicted molar refractivity (Wildman–Crippen MR) is 125 cm³/mol. The first-order valence-electron chi connectivity index (χ1n) is 10.8. The Labute approximate surface area is 171 Å². The second-order valence-electron chi connectivity index (χ2n) is 7.01. The van der Waals surface area contributed by atoms with Gasteiger partial charge in [-0.2, -0.15) is 0 Å². The van der Waals surface area contributed by atoms with E-state index in [0.29, 0.717) is 0 Å². The zero-order valence-corrected chi connectivity index (χ0v) is 19.0. The molecule has 0 fully saturated rings. The van der Waals surface area contributed by atoms with Gasteiger partial charge in [0.1, 0.15) is 0 Å². The van der Waals surface area contributed by atoms with E-state index in [1.54, 1.807) is 0 Å². The molecular weight excluding hydrogens is 358 g/mol. The Hall–Kier alpha value is -0.160. The van der Waals surface area contributed by atoms with Gasteiger partial charge in [0.15, 0.2) is 0 Å². The monoisotopic (exact) mass is 401 g/mol. The predicted octanol–water partition coefficient (Wildman–Crippen LogP) is 7.25. The molecule has 0 aromatic carbocycles. The standard InChI is InChI=1S/C21H43N3S2/c1-3-5-6-7-8-9-10-11-12-13-16-21(23)24-17-19-26-25-18-14-15-20(22)4-2/h22H,3-19H2,1-2H3,(H2,23,24). The van der Waals surface area contributed by atoms with Gasteiger partial charge >= 0.3 is 0 Å². The number of hydrogen-bond acceptors (Lipinski definition) is 4. The van der Waals surface area contributed by atoms with Crippen molar-refractivity contribution in [1.82, 2.24) is 0 Å². The summed E-state index contributed by atoms with van der Waals surface area (Å²) in [5, 5.41) is 7.62. The van der Waals surface area contributed by atoms with Crippen LogP contribution in [0.1, 0.15) is 104 Å². The van der Waals surface area contributed by atoms with E-state index in [1.165, 1.54) is 64.2 Å². The lowest BCUT2D eigenvalue weighted by Gasteiger charge is -2.03. The molecule has 0 heterocycles. The number of amidine groups is 1. The summed E-state index contributed by atoms with van der Waals surface area (Å²) < 4.78 is 0. The van der Waals surface area contributed by atoms with Crippen LogP contribution in [0.5, 0.6) is 0 Å². The number of nitrogens with zero attached hydrogens (tertiary/aromatic N) is 1. The molecule has 0 spiro atoms. The summed E-state index contributed by atoms with van der Waals surface area (Å²) in [5.74, 6) is 3.01. The summed E-state index contributed by atoms with van der Waals surface area (Å²) in [4.78, 5) is 4.49. The largest absolute Gasteiger partial charge is 0.387 e. The Morgan fingerprint density at radius 3 is 1.96 bits per heavy atom. The molecule has 3 N–H and O–H groups in total. The van der Waals surface area contributed by atoms with E-state index in [4.69, 9.17) is 11.1 Å². The number of nitrogens with two attached hydrogens (primary N) is 1. The lowest BCUT2D eigenvalue weighted by atomic mass is 10.1. The normalized spacial score (nSPS) is 11.8. The second-order valence-corrected chi connectivity index (χ2v) is 9.71. The highest BCUT2D eigenvalue weighted by Crippen LogP contribution is 2.22. The summed E-state index contributed by atoms with van der Waals surface area (Å²) >= 11 is 0. The van der Waals surface area contributed by atoms with Crippen LogP contribution in [0, 0.1) is 5.41 Å². The zero-order valence-electron chi connectivity index (χ0n) is 17.4. The van der Waals surface area contributed by atoms with Crippen LogP contribution >= 0.6 is 21.6 Å². The topological polar surface area (TPSA) is 62.2 Å². The maximum atomic E-state index is 7.62. The van der Waals surface area contributed by atoms with Crippen molar-refractivity contribution in [1.29, 1.82) is 5.41 Å². The van der Waals surface area contributed by atoms with Gasteiger partial charge in [-0.1, -0.05) is 93.2 Å². The molecule has 0 aromatic heterocycles. The molecule has 0 unspecified atom stereocenters. The van der Waals surface area contributed by atoms with Crippen LogP contribution in [-0.4, -0.2) is 29.6 Å². The Balaban J connectivity index is 3.29. The maximum Gasteiger partial charge on any atom is 0.0937 e. The van der Waals surface area contributed by atoms with Gasteiger partial charge in [0.2, 0.25) is 0 Å². The molecule has 0 amide bonds. The van der Waals surface area contributed by atoms with Gasteiger partial charge in [0.25, 0.3) is 0 Å². The van der Waals surface area contributed by atoms with Gasteiger partial charge in [-0.05, 0) is 25.7 Å². The van der Waals surface area contributed by atoms with Crippen LogP contribution in [0.25, 0.3) is 0 Å². The Bertz CT molecular complexity index is 346. The fraction of sp³-hybridized carbons (Fsp3) is 0.905. The van der Waals surface area contributed by atoms with Crippen LogP contribution in [0.4, 0.5) is 0 Å². The van der Waals surface area contributed by atoms with Gasteiger partial charge in [-0.25, -0.2) is 0 Å². The van der Waals surface area contributed by atoms with E-state index in [0.717, 1.165) is 55.3 Å². The van der Waals surface area contributed by atoms with E-state index in [9.17, 15) is 0 Å². The van der Waals surface area contributed by atoms with Crippen LogP contribution in [0.2, 0.25) is 0 Å². The van der Waals surface area contributed by atoms with Crippen molar-refractivity contribution in [3.8, 4) is 0 Å². The molecule has 0 saturated carbocycles. The Morgan fingerprint density at radius 1 is 0.769 bits per heavy atom. The highest BCUT2D eigenvalue weighted by Gasteiger charge is 1.97. The average molecular weight is 402 g/mol. The Morgan fingerprint density at radius 2 is 1.35 bits per heavy atom. The van der Waals surface area contributed by atoms with Gasteiger partial charge in [-0.15, -0.1) is 0 Å². The maximum absolute atomic E-state index is 7.62. The number of unbranched alkanes of at least 4 members (excludes halogenated alkanes) is 9. The highest BCUT2D eigenvalue weighted by atomic mass is 33.1. The van der Waals surface area contributed by atoms with E-state index < -0.39 is 0 Å². The van der Waals surface area contributed by atoms with Crippen molar-refractivity contribution in [2.24, 2.45) is 10.7 Å². The lowest BCUT2D eigenvalue weighted by Crippen LogP contribution is -2.12. The van der Waals surface area contributed by atoms with Crippen molar-refractivity contribution in [3.05, 3.63) is 0 Å². The lowest BCUT2D eigenvalue weighted by molar-refractivity contribution is 0.559. The molecule has 0 radical (unpaired) electrons. The van der Waals surface area contributed by atoms with Gasteiger partial charge in [-0.3, -0.25) is 4.99 Å². The first kappa shape index (κ1) is 25.8. The van der Waals surface area contributed by atoms with Crippen molar-refractivity contribution < 1.29 is 0 Å². The number of hydrogen-bond donors (Lipinski definition) is 2. The second kappa shape index (κ2) is 21.1. The van der Waals surface area contributed by atoms with Gasteiger partial charge in [0, 0.05) is 23.6 Å². The van der Waals surface area contributed by atoms with Crippen LogP contribution in [0.3, 0.4) is 0 Å². The fourth-order valence-electron chi connectivity index (χ4n) is 2.74. The number of rotatable bonds is 20. The van der Waals surface area contributed by atoms with E-state index in [-0.39, 0.29) is 0 Å². The number of nitrogens with one attached hydrogen (secondary N) is 1. The molecule has 0 atom stereocenters. The average Bonchev–Trinajstić information content (AvgIpc) is 2.65. The molecular formula is C21H43N3S2. The SMILES string of the molecule is CCCCCCCCCCCCC(N)=NCCSSCCCC(=N)CC. The first-order chi connectivity index (χ1) is 12.7. The summed E-state index contributed by atoms with van der Waals surface area (Å²) in [6, 6.07) is 0. The van der Waals surface area contributed by atoms with Crippen molar-refractivity contribution in [2.45, 2.75) is 104 Å². The molecule has 154 valence electrons. The summed E-state index contributed by atoms with van der Waals surface area (Å²) in [6.45, 7) is 5.17.